The van der Waals surface area contributed by atoms with Crippen LogP contribution in [0, 0.1) is 0 Å². The van der Waals surface area contributed by atoms with E-state index in [0.29, 0.717) is 0 Å². The highest BCUT2D eigenvalue weighted by molar-refractivity contribution is 8.00. The lowest BCUT2D eigenvalue weighted by Gasteiger charge is -2.41. The monoisotopic (exact) mass is 845 g/mol. The van der Waals surface area contributed by atoms with Crippen LogP contribution in [0.3, 0.4) is 0 Å². The summed E-state index contributed by atoms with van der Waals surface area (Å²) in [6.07, 6.45) is 0. The molecule has 12 aromatic rings. The first-order chi connectivity index (χ1) is 32.2. The van der Waals surface area contributed by atoms with Gasteiger partial charge in [0.05, 0.1) is 5.69 Å². The molecule has 2 aromatic heterocycles. The van der Waals surface area contributed by atoms with E-state index in [0.717, 1.165) is 77.5 Å². The van der Waals surface area contributed by atoms with Gasteiger partial charge in [-0.1, -0.05) is 199 Å². The molecule has 0 unspecified atom stereocenters. The van der Waals surface area contributed by atoms with Gasteiger partial charge in [-0.05, 0) is 69.6 Å². The van der Waals surface area contributed by atoms with Crippen molar-refractivity contribution in [3.8, 4) is 44.5 Å². The summed E-state index contributed by atoms with van der Waals surface area (Å²) in [4.78, 5) is 5.09. The molecule has 5 heteroatoms. The van der Waals surface area contributed by atoms with Gasteiger partial charge in [-0.25, -0.2) is 0 Å². The highest BCUT2D eigenvalue weighted by Crippen LogP contribution is 2.50. The van der Waals surface area contributed by atoms with Gasteiger partial charge in [-0.3, -0.25) is 0 Å². The van der Waals surface area contributed by atoms with Crippen molar-refractivity contribution in [2.75, 3.05) is 4.90 Å². The number of para-hydroxylation sites is 5. The number of nitrogens with zero attached hydrogens (tertiary/aromatic N) is 1. The molecule has 0 amide bonds. The van der Waals surface area contributed by atoms with Gasteiger partial charge in [0.15, 0.2) is 0 Å². The molecule has 0 N–H and O–H groups in total. The smallest absolute Gasteiger partial charge is 0.249 e. The Balaban J connectivity index is 1.05. The average Bonchev–Trinajstić information content (AvgIpc) is 3.95. The fraction of sp³-hybridized carbons (Fsp3) is 0. The molecule has 2 aliphatic rings. The van der Waals surface area contributed by atoms with Crippen LogP contribution in [0.2, 0.25) is 0 Å². The Hall–Kier alpha value is -7.99. The highest BCUT2D eigenvalue weighted by Gasteiger charge is 2.42. The van der Waals surface area contributed by atoms with Crippen molar-refractivity contribution >= 4 is 95.8 Å². The van der Waals surface area contributed by atoms with Crippen molar-refractivity contribution in [3.05, 3.63) is 218 Å². The number of hydrogen-bond acceptors (Lipinski definition) is 4. The second kappa shape index (κ2) is 14.3. The van der Waals surface area contributed by atoms with Crippen molar-refractivity contribution in [2.24, 2.45) is 0 Å². The first kappa shape index (κ1) is 36.5. The number of fused-ring (bicyclic) bond motifs is 10. The van der Waals surface area contributed by atoms with Gasteiger partial charge in [0.2, 0.25) is 6.71 Å². The quantitative estimate of drug-likeness (QED) is 0.161. The van der Waals surface area contributed by atoms with Gasteiger partial charge in [0.1, 0.15) is 22.3 Å². The van der Waals surface area contributed by atoms with E-state index < -0.39 is 0 Å². The number of anilines is 3. The molecule has 0 saturated carbocycles. The summed E-state index contributed by atoms with van der Waals surface area (Å²) in [6.45, 7) is -0.0579. The van der Waals surface area contributed by atoms with E-state index >= 15 is 0 Å². The van der Waals surface area contributed by atoms with E-state index in [2.05, 4.69) is 211 Å². The second-order valence-electron chi connectivity index (χ2n) is 17.1. The van der Waals surface area contributed by atoms with Crippen LogP contribution in [0.15, 0.2) is 237 Å². The largest absolute Gasteiger partial charge is 0.455 e. The fourth-order valence-corrected chi connectivity index (χ4v) is 11.8. The van der Waals surface area contributed by atoms with Crippen LogP contribution in [0.1, 0.15) is 0 Å². The Morgan fingerprint density at radius 3 is 1.49 bits per heavy atom. The van der Waals surface area contributed by atoms with E-state index in [9.17, 15) is 0 Å². The molecule has 0 bridgehead atoms. The first-order valence-corrected chi connectivity index (χ1v) is 23.0. The predicted molar refractivity (Wildman–Crippen MR) is 273 cm³/mol. The van der Waals surface area contributed by atoms with Crippen LogP contribution in [0.25, 0.3) is 88.4 Å². The van der Waals surface area contributed by atoms with E-state index in [1.807, 2.05) is 23.9 Å². The summed E-state index contributed by atoms with van der Waals surface area (Å²) >= 11 is 1.87. The molecular formula is C60H36BNO2S. The summed E-state index contributed by atoms with van der Waals surface area (Å²) in [7, 11) is 0. The van der Waals surface area contributed by atoms with E-state index in [4.69, 9.17) is 8.83 Å². The molecule has 0 fully saturated rings. The number of furan rings is 2. The van der Waals surface area contributed by atoms with Gasteiger partial charge in [0, 0.05) is 65.0 Å². The standard InChI is InChI=1S/C60H36BNO2S/c1-3-15-37(16-4-1)41-21-11-22-42(38-17-5-2-6-18-38)58(41)62-51-33-31-39(43-23-12-25-47-45-19-7-9-28-53(45)63-59(43)47)35-49(51)61-50-36-40(32-34-55(50)65-56-30-14-27-52(62)57(56)61)44-24-13-26-48-46-20-8-10-29-54(46)64-60(44)48/h1-36H. The Kier molecular flexibility index (Phi) is 8.01. The maximum absolute atomic E-state index is 6.70. The SMILES string of the molecule is c1ccc(-c2cccc(-c3ccccc3)c2N2c3ccc(-c4cccc5c4oc4ccccc45)cc3B3c4cc(-c5cccc6c5oc5ccccc56)ccc4Sc4cccc2c43)cc1. The molecule has 0 saturated heterocycles. The van der Waals surface area contributed by atoms with Crippen LogP contribution < -0.4 is 21.3 Å². The van der Waals surface area contributed by atoms with Crippen LogP contribution >= 0.6 is 11.8 Å². The minimum atomic E-state index is -0.0579. The summed E-state index contributed by atoms with van der Waals surface area (Å²) in [5, 5.41) is 4.52. The molecule has 302 valence electrons. The van der Waals surface area contributed by atoms with Crippen molar-refractivity contribution in [3.63, 3.8) is 0 Å². The zero-order valence-corrected chi connectivity index (χ0v) is 35.9. The third-order valence-corrected chi connectivity index (χ3v) is 14.7. The van der Waals surface area contributed by atoms with Crippen LogP contribution in [-0.2, 0) is 0 Å². The molecule has 4 heterocycles. The molecule has 65 heavy (non-hydrogen) atoms. The van der Waals surface area contributed by atoms with Crippen LogP contribution in [0.5, 0.6) is 0 Å². The van der Waals surface area contributed by atoms with Gasteiger partial charge in [-0.15, -0.1) is 0 Å². The summed E-state index contributed by atoms with van der Waals surface area (Å²) in [5.41, 5.74) is 20.1. The van der Waals surface area contributed by atoms with Crippen molar-refractivity contribution in [1.29, 1.82) is 0 Å². The maximum atomic E-state index is 6.70. The molecule has 0 spiro atoms. The summed E-state index contributed by atoms with van der Waals surface area (Å²) < 4.78 is 13.3. The topological polar surface area (TPSA) is 29.5 Å². The van der Waals surface area contributed by atoms with E-state index in [1.165, 1.54) is 54.1 Å². The minimum Gasteiger partial charge on any atom is -0.455 e. The van der Waals surface area contributed by atoms with Crippen molar-refractivity contribution < 1.29 is 8.83 Å². The molecule has 0 atom stereocenters. The molecule has 2 aliphatic heterocycles. The van der Waals surface area contributed by atoms with Gasteiger partial charge >= 0.3 is 0 Å². The van der Waals surface area contributed by atoms with Gasteiger partial charge < -0.3 is 13.7 Å². The maximum Gasteiger partial charge on any atom is 0.249 e. The zero-order chi connectivity index (χ0) is 42.6. The minimum absolute atomic E-state index is 0.0579. The molecular weight excluding hydrogens is 810 g/mol. The second-order valence-corrected chi connectivity index (χ2v) is 18.2. The van der Waals surface area contributed by atoms with E-state index in [1.54, 1.807) is 0 Å². The Labute approximate surface area is 380 Å². The summed E-state index contributed by atoms with van der Waals surface area (Å²) in [6, 6.07) is 79.3. The predicted octanol–water partition coefficient (Wildman–Crippen LogP) is 14.9. The first-order valence-electron chi connectivity index (χ1n) is 22.2. The lowest BCUT2D eigenvalue weighted by molar-refractivity contribution is 0.669. The average molecular weight is 846 g/mol. The third-order valence-electron chi connectivity index (χ3n) is 13.6. The van der Waals surface area contributed by atoms with Gasteiger partial charge in [0.25, 0.3) is 0 Å². The number of hydrogen-bond donors (Lipinski definition) is 0. The Bertz CT molecular complexity index is 3830. The lowest BCUT2D eigenvalue weighted by Crippen LogP contribution is -2.59. The Morgan fingerprint density at radius 2 is 0.862 bits per heavy atom. The molecule has 0 radical (unpaired) electrons. The Morgan fingerprint density at radius 1 is 0.354 bits per heavy atom. The summed E-state index contributed by atoms with van der Waals surface area (Å²) in [5.74, 6) is 0. The fourth-order valence-electron chi connectivity index (χ4n) is 10.7. The van der Waals surface area contributed by atoms with Crippen LogP contribution in [0.4, 0.5) is 17.1 Å². The van der Waals surface area contributed by atoms with Crippen molar-refractivity contribution in [1.82, 2.24) is 0 Å². The molecule has 14 rings (SSSR count). The zero-order valence-electron chi connectivity index (χ0n) is 35.0. The molecule has 0 aliphatic carbocycles. The normalized spacial score (nSPS) is 12.8. The van der Waals surface area contributed by atoms with E-state index in [-0.39, 0.29) is 6.71 Å². The number of rotatable bonds is 5. The van der Waals surface area contributed by atoms with Crippen LogP contribution in [-0.4, -0.2) is 6.71 Å². The molecule has 10 aromatic carbocycles. The number of benzene rings is 10. The highest BCUT2D eigenvalue weighted by atomic mass is 32.2. The van der Waals surface area contributed by atoms with Gasteiger partial charge in [-0.2, -0.15) is 0 Å². The third kappa shape index (κ3) is 5.52. The lowest BCUT2D eigenvalue weighted by atomic mass is 9.34. The molecule has 3 nitrogen and oxygen atoms in total. The van der Waals surface area contributed by atoms with Crippen molar-refractivity contribution in [2.45, 2.75) is 9.79 Å².